The van der Waals surface area contributed by atoms with Gasteiger partial charge < -0.3 is 26.0 Å². The summed E-state index contributed by atoms with van der Waals surface area (Å²) in [6.07, 6.45) is 4.32. The molecule has 10 nitrogen and oxygen atoms in total. The van der Waals surface area contributed by atoms with Crippen molar-refractivity contribution in [1.82, 2.24) is 25.5 Å². The van der Waals surface area contributed by atoms with Gasteiger partial charge in [0.2, 0.25) is 0 Å². The molecule has 3 aromatic rings. The van der Waals surface area contributed by atoms with Gasteiger partial charge in [0.05, 0.1) is 17.9 Å². The van der Waals surface area contributed by atoms with Gasteiger partial charge in [-0.25, -0.2) is 14.8 Å². The Labute approximate surface area is 239 Å². The largest absolute Gasteiger partial charge is 0.444 e. The molecule has 1 aliphatic carbocycles. The van der Waals surface area contributed by atoms with E-state index in [1.807, 2.05) is 39.0 Å². The standard InChI is InChI=1S/C31H36N6O4/c1-31(2,3)41-30(40)37-15-7-11-22(18-37)34-29(39)26-27(32)33-17-25(35-26)20-9-6-10-21(16-20)28(38)36-24-14-13-19-8-4-5-12-23(19)24/h4-6,8-10,12,16-17,22,24H,7,11,13-15,18H2,1-3H3,(H2,32,33)(H,34,39)(H,36,38)/t22-,24+/m1/s1. The van der Waals surface area contributed by atoms with Gasteiger partial charge in [-0.3, -0.25) is 9.59 Å². The second-order valence-electron chi connectivity index (χ2n) is 11.6. The molecular weight excluding hydrogens is 520 g/mol. The molecule has 0 spiro atoms. The molecule has 2 aliphatic rings. The van der Waals surface area contributed by atoms with Crippen LogP contribution < -0.4 is 16.4 Å². The summed E-state index contributed by atoms with van der Waals surface area (Å²) in [6, 6.07) is 14.9. The number of rotatable bonds is 5. The minimum absolute atomic E-state index is 0.000135. The summed E-state index contributed by atoms with van der Waals surface area (Å²) in [5.41, 5.74) is 9.41. The van der Waals surface area contributed by atoms with Gasteiger partial charge >= 0.3 is 6.09 Å². The number of aromatic nitrogens is 2. The van der Waals surface area contributed by atoms with Crippen molar-refractivity contribution in [2.45, 2.75) is 64.1 Å². The SMILES string of the molecule is CC(C)(C)OC(=O)N1CCC[C@@H](NC(=O)c2nc(-c3cccc(C(=O)N[C@H]4CCc5ccccc54)c3)cnc2N)C1. The third kappa shape index (κ3) is 6.65. The Kier molecular flexibility index (Phi) is 7.92. The van der Waals surface area contributed by atoms with Crippen molar-refractivity contribution in [2.75, 3.05) is 18.8 Å². The number of nitrogens with one attached hydrogen (secondary N) is 2. The van der Waals surface area contributed by atoms with Crippen LogP contribution in [0, 0.1) is 0 Å². The minimum atomic E-state index is -0.600. The Morgan fingerprint density at radius 2 is 1.83 bits per heavy atom. The van der Waals surface area contributed by atoms with Crippen molar-refractivity contribution in [2.24, 2.45) is 0 Å². The third-order valence-corrected chi connectivity index (χ3v) is 7.28. The molecule has 3 amide bonds. The molecule has 0 saturated carbocycles. The van der Waals surface area contributed by atoms with E-state index in [0.717, 1.165) is 24.8 Å². The second kappa shape index (κ2) is 11.6. The molecule has 2 atom stereocenters. The maximum Gasteiger partial charge on any atom is 0.410 e. The first-order valence-corrected chi connectivity index (χ1v) is 14.0. The molecule has 0 unspecified atom stereocenters. The molecule has 1 fully saturated rings. The van der Waals surface area contributed by atoms with Gasteiger partial charge in [-0.1, -0.05) is 36.4 Å². The Bertz CT molecular complexity index is 1470. The maximum atomic E-state index is 13.2. The van der Waals surface area contributed by atoms with Gasteiger partial charge in [-0.15, -0.1) is 0 Å². The smallest absolute Gasteiger partial charge is 0.410 e. The molecule has 2 aromatic carbocycles. The van der Waals surface area contributed by atoms with E-state index in [0.29, 0.717) is 36.3 Å². The number of nitrogens with zero attached hydrogens (tertiary/aromatic N) is 3. The van der Waals surface area contributed by atoms with E-state index in [2.05, 4.69) is 32.7 Å². The van der Waals surface area contributed by atoms with Crippen LogP contribution in [0.15, 0.2) is 54.7 Å². The fourth-order valence-electron chi connectivity index (χ4n) is 5.31. The van der Waals surface area contributed by atoms with E-state index in [4.69, 9.17) is 10.5 Å². The zero-order valence-electron chi connectivity index (χ0n) is 23.6. The lowest BCUT2D eigenvalue weighted by Gasteiger charge is -2.34. The fourth-order valence-corrected chi connectivity index (χ4v) is 5.31. The van der Waals surface area contributed by atoms with Crippen molar-refractivity contribution in [3.63, 3.8) is 0 Å². The lowest BCUT2D eigenvalue weighted by molar-refractivity contribution is 0.0185. The number of hydrogen-bond donors (Lipinski definition) is 3. The topological polar surface area (TPSA) is 140 Å². The summed E-state index contributed by atoms with van der Waals surface area (Å²) >= 11 is 0. The predicted molar refractivity (Wildman–Crippen MR) is 155 cm³/mol. The number of fused-ring (bicyclic) bond motifs is 1. The molecule has 0 radical (unpaired) electrons. The molecule has 214 valence electrons. The van der Waals surface area contributed by atoms with Crippen LogP contribution in [0.25, 0.3) is 11.3 Å². The van der Waals surface area contributed by atoms with Crippen LogP contribution in [-0.4, -0.2) is 57.5 Å². The molecule has 10 heteroatoms. The first kappa shape index (κ1) is 28.1. The normalized spacial score (nSPS) is 18.4. The van der Waals surface area contributed by atoms with Crippen LogP contribution >= 0.6 is 0 Å². The van der Waals surface area contributed by atoms with Gasteiger partial charge in [-0.05, 0) is 69.7 Å². The molecule has 5 rings (SSSR count). The number of carbonyl (C=O) groups excluding carboxylic acids is 3. The molecule has 2 heterocycles. The summed E-state index contributed by atoms with van der Waals surface area (Å²) in [4.78, 5) is 49.2. The van der Waals surface area contributed by atoms with Crippen molar-refractivity contribution < 1.29 is 19.1 Å². The first-order valence-electron chi connectivity index (χ1n) is 14.0. The van der Waals surface area contributed by atoms with E-state index in [-0.39, 0.29) is 29.5 Å². The number of piperidine rings is 1. The Morgan fingerprint density at radius 1 is 1.02 bits per heavy atom. The number of likely N-dealkylation sites (tertiary alicyclic amines) is 1. The second-order valence-corrected chi connectivity index (χ2v) is 11.6. The van der Waals surface area contributed by atoms with Crippen LogP contribution in [0.4, 0.5) is 10.6 Å². The van der Waals surface area contributed by atoms with Crippen molar-refractivity contribution in [3.8, 4) is 11.3 Å². The van der Waals surface area contributed by atoms with E-state index in [1.54, 1.807) is 23.1 Å². The zero-order chi connectivity index (χ0) is 29.1. The van der Waals surface area contributed by atoms with E-state index in [9.17, 15) is 14.4 Å². The number of nitrogens with two attached hydrogens (primary N) is 1. The van der Waals surface area contributed by atoms with Crippen LogP contribution in [-0.2, 0) is 11.2 Å². The van der Waals surface area contributed by atoms with E-state index >= 15 is 0 Å². The monoisotopic (exact) mass is 556 g/mol. The molecule has 1 aromatic heterocycles. The Morgan fingerprint density at radius 3 is 2.63 bits per heavy atom. The van der Waals surface area contributed by atoms with Gasteiger partial charge in [0, 0.05) is 30.3 Å². The van der Waals surface area contributed by atoms with E-state index < -0.39 is 17.6 Å². The van der Waals surface area contributed by atoms with Crippen molar-refractivity contribution in [3.05, 3.63) is 77.1 Å². The summed E-state index contributed by atoms with van der Waals surface area (Å²) < 4.78 is 5.48. The number of hydrogen-bond acceptors (Lipinski definition) is 7. The highest BCUT2D eigenvalue weighted by molar-refractivity contribution is 5.98. The van der Waals surface area contributed by atoms with Gasteiger partial charge in [0.15, 0.2) is 11.5 Å². The summed E-state index contributed by atoms with van der Waals surface area (Å²) in [7, 11) is 0. The molecule has 41 heavy (non-hydrogen) atoms. The summed E-state index contributed by atoms with van der Waals surface area (Å²) in [6.45, 7) is 6.35. The Balaban J connectivity index is 1.27. The molecule has 4 N–H and O–H groups in total. The molecule has 0 bridgehead atoms. The maximum absolute atomic E-state index is 13.2. The molecule has 1 aliphatic heterocycles. The number of carbonyl (C=O) groups is 3. The third-order valence-electron chi connectivity index (χ3n) is 7.28. The highest BCUT2D eigenvalue weighted by Crippen LogP contribution is 2.31. The van der Waals surface area contributed by atoms with Crippen LogP contribution in [0.3, 0.4) is 0 Å². The van der Waals surface area contributed by atoms with Crippen LogP contribution in [0.1, 0.15) is 78.0 Å². The molecule has 1 saturated heterocycles. The highest BCUT2D eigenvalue weighted by Gasteiger charge is 2.29. The predicted octanol–water partition coefficient (Wildman–Crippen LogP) is 4.27. The Hall–Kier alpha value is -4.47. The number of ether oxygens (including phenoxy) is 1. The highest BCUT2D eigenvalue weighted by atomic mass is 16.6. The molecular formula is C31H36N6O4. The van der Waals surface area contributed by atoms with Crippen molar-refractivity contribution in [1.29, 1.82) is 0 Å². The lowest BCUT2D eigenvalue weighted by atomic mass is 10.1. The van der Waals surface area contributed by atoms with E-state index in [1.165, 1.54) is 11.8 Å². The quantitative estimate of drug-likeness (QED) is 0.426. The van der Waals surface area contributed by atoms with Gasteiger partial charge in [0.1, 0.15) is 5.60 Å². The van der Waals surface area contributed by atoms with Crippen molar-refractivity contribution >= 4 is 23.7 Å². The number of anilines is 1. The number of nitrogen functional groups attached to an aromatic ring is 1. The number of benzene rings is 2. The van der Waals surface area contributed by atoms with Gasteiger partial charge in [-0.2, -0.15) is 0 Å². The summed E-state index contributed by atoms with van der Waals surface area (Å²) in [5.74, 6) is -0.650. The average Bonchev–Trinajstić information content (AvgIpc) is 3.35. The number of amides is 3. The van der Waals surface area contributed by atoms with Crippen LogP contribution in [0.5, 0.6) is 0 Å². The fraction of sp³-hybridized carbons (Fsp3) is 0.387. The van der Waals surface area contributed by atoms with Crippen LogP contribution in [0.2, 0.25) is 0 Å². The minimum Gasteiger partial charge on any atom is -0.444 e. The average molecular weight is 557 g/mol. The van der Waals surface area contributed by atoms with Gasteiger partial charge in [0.25, 0.3) is 11.8 Å². The first-order chi connectivity index (χ1) is 19.6. The number of aryl methyl sites for hydroxylation is 1. The lowest BCUT2D eigenvalue weighted by Crippen LogP contribution is -2.50. The zero-order valence-corrected chi connectivity index (χ0v) is 23.6. The summed E-state index contributed by atoms with van der Waals surface area (Å²) in [5, 5.41) is 6.09.